The van der Waals surface area contributed by atoms with Crippen LogP contribution in [-0.4, -0.2) is 100 Å². The third-order valence-electron chi connectivity index (χ3n) is 7.40. The summed E-state index contributed by atoms with van der Waals surface area (Å²) in [4.78, 5) is 51.6. The smallest absolute Gasteiger partial charge is 0.418 e. The van der Waals surface area contributed by atoms with Crippen LogP contribution < -0.4 is 26.4 Å². The SMILES string of the molecule is CC1(C)C(NC(=O)/C(=N\OC(COc2ccc3nc(NC4CCNCC4)ccc3c2)C(=O)O)c2csc(N)n2)C(=O)N1OS(=O)(=O)O. The second-order valence-corrected chi connectivity index (χ2v) is 13.1. The van der Waals surface area contributed by atoms with Crippen molar-refractivity contribution >= 4 is 67.1 Å². The Morgan fingerprint density at radius 3 is 2.62 bits per heavy atom. The molecule has 252 valence electrons. The van der Waals surface area contributed by atoms with Crippen molar-refractivity contribution in [3.63, 3.8) is 0 Å². The summed E-state index contributed by atoms with van der Waals surface area (Å²) in [6.07, 6.45) is 0.318. The number of nitrogen functional groups attached to an aromatic ring is 1. The number of amides is 2. The number of carbonyl (C=O) groups is 3. The average molecular weight is 693 g/mol. The Hall–Kier alpha value is -4.63. The summed E-state index contributed by atoms with van der Waals surface area (Å²) < 4.78 is 41.1. The predicted octanol–water partition coefficient (Wildman–Crippen LogP) is 0.530. The van der Waals surface area contributed by atoms with Crippen LogP contribution in [0.25, 0.3) is 10.9 Å². The molecule has 5 rings (SSSR count). The fraction of sp³-hybridized carbons (Fsp3) is 0.407. The van der Waals surface area contributed by atoms with Crippen LogP contribution in [0.3, 0.4) is 0 Å². The minimum Gasteiger partial charge on any atom is -0.489 e. The van der Waals surface area contributed by atoms with Gasteiger partial charge in [-0.15, -0.1) is 15.6 Å². The van der Waals surface area contributed by atoms with Gasteiger partial charge in [-0.3, -0.25) is 14.1 Å². The molecule has 0 saturated carbocycles. The molecule has 2 unspecified atom stereocenters. The fourth-order valence-electron chi connectivity index (χ4n) is 4.90. The summed E-state index contributed by atoms with van der Waals surface area (Å²) >= 11 is 0.962. The van der Waals surface area contributed by atoms with Gasteiger partial charge in [0, 0.05) is 16.8 Å². The van der Waals surface area contributed by atoms with E-state index in [1.54, 1.807) is 18.2 Å². The molecule has 20 heteroatoms. The number of carboxylic acids is 1. The zero-order valence-corrected chi connectivity index (χ0v) is 26.7. The lowest BCUT2D eigenvalue weighted by atomic mass is 9.84. The van der Waals surface area contributed by atoms with Crippen LogP contribution >= 0.6 is 11.3 Å². The number of carbonyl (C=O) groups excluding carboxylic acids is 2. The van der Waals surface area contributed by atoms with Gasteiger partial charge in [0.2, 0.25) is 0 Å². The highest BCUT2D eigenvalue weighted by Crippen LogP contribution is 2.33. The number of hydroxylamine groups is 2. The van der Waals surface area contributed by atoms with Crippen molar-refractivity contribution in [2.75, 3.05) is 30.7 Å². The Labute approximate surface area is 272 Å². The molecule has 2 aromatic heterocycles. The molecule has 0 bridgehead atoms. The average Bonchev–Trinajstić information content (AvgIpc) is 3.45. The number of rotatable bonds is 13. The maximum absolute atomic E-state index is 13.2. The predicted molar refractivity (Wildman–Crippen MR) is 168 cm³/mol. The molecule has 3 aromatic rings. The standard InChI is InChI=1S/C27H32N8O10S2/c1-27(2)22(24(37)35(27)45-47(40,41)42)33-23(36)21(18-13-46-26(28)32-18)34-44-19(25(38)39)12-43-16-4-5-17-14(11-16)3-6-20(31-17)30-15-7-9-29-10-8-15/h3-6,11,13,15,19,22,29H,7-10,12H2,1-2H3,(H2,28,32)(H,30,31)(H,33,36)(H,38,39)(H,40,41,42)/b34-21-. The van der Waals surface area contributed by atoms with Crippen LogP contribution in [0.4, 0.5) is 10.9 Å². The molecule has 2 saturated heterocycles. The summed E-state index contributed by atoms with van der Waals surface area (Å²) in [6, 6.07) is 7.83. The van der Waals surface area contributed by atoms with Crippen LogP contribution in [-0.2, 0) is 33.9 Å². The molecular weight excluding hydrogens is 660 g/mol. The van der Waals surface area contributed by atoms with Gasteiger partial charge < -0.3 is 36.4 Å². The summed E-state index contributed by atoms with van der Waals surface area (Å²) in [6.45, 7) is 4.12. The Kier molecular flexibility index (Phi) is 9.77. The Morgan fingerprint density at radius 2 is 1.98 bits per heavy atom. The molecule has 2 atom stereocenters. The molecule has 0 radical (unpaired) electrons. The van der Waals surface area contributed by atoms with Crippen LogP contribution in [0.2, 0.25) is 0 Å². The van der Waals surface area contributed by atoms with E-state index >= 15 is 0 Å². The number of aliphatic carboxylic acids is 1. The second kappa shape index (κ2) is 13.6. The Morgan fingerprint density at radius 1 is 1.23 bits per heavy atom. The highest BCUT2D eigenvalue weighted by atomic mass is 32.3. The van der Waals surface area contributed by atoms with E-state index in [4.69, 9.17) is 19.9 Å². The topological polar surface area (TPSA) is 257 Å². The van der Waals surface area contributed by atoms with Crippen molar-refractivity contribution in [3.8, 4) is 5.75 Å². The molecule has 2 fully saturated rings. The Bertz CT molecular complexity index is 1810. The lowest BCUT2D eigenvalue weighted by Crippen LogP contribution is -2.76. The molecular formula is C27H32N8O10S2. The number of nitrogens with two attached hydrogens (primary N) is 1. The van der Waals surface area contributed by atoms with E-state index in [1.807, 2.05) is 12.1 Å². The third-order valence-corrected chi connectivity index (χ3v) is 8.41. The lowest BCUT2D eigenvalue weighted by Gasteiger charge is -2.50. The van der Waals surface area contributed by atoms with E-state index in [9.17, 15) is 27.9 Å². The van der Waals surface area contributed by atoms with Crippen LogP contribution in [0.15, 0.2) is 40.9 Å². The first kappa shape index (κ1) is 33.7. The van der Waals surface area contributed by atoms with E-state index in [-0.39, 0.29) is 10.8 Å². The molecule has 1 aromatic carbocycles. The van der Waals surface area contributed by atoms with Crippen molar-refractivity contribution in [2.45, 2.75) is 50.4 Å². The summed E-state index contributed by atoms with van der Waals surface area (Å²) in [5, 5.41) is 25.2. The Balaban J connectivity index is 1.26. The van der Waals surface area contributed by atoms with Gasteiger partial charge in [-0.2, -0.15) is 13.5 Å². The van der Waals surface area contributed by atoms with Gasteiger partial charge in [0.25, 0.3) is 17.9 Å². The number of nitrogens with zero attached hydrogens (tertiary/aromatic N) is 4. The minimum absolute atomic E-state index is 0.0615. The normalized spacial score (nSPS) is 19.1. The zero-order valence-electron chi connectivity index (χ0n) is 25.1. The number of fused-ring (bicyclic) bond motifs is 1. The fourth-order valence-corrected chi connectivity index (χ4v) is 5.91. The molecule has 4 heterocycles. The second-order valence-electron chi connectivity index (χ2n) is 11.2. The highest BCUT2D eigenvalue weighted by Gasteiger charge is 2.58. The number of carboxylic acid groups (broad SMARTS) is 1. The number of anilines is 2. The van der Waals surface area contributed by atoms with Gasteiger partial charge in [0.15, 0.2) is 10.8 Å². The molecule has 47 heavy (non-hydrogen) atoms. The van der Waals surface area contributed by atoms with E-state index in [0.29, 0.717) is 22.4 Å². The van der Waals surface area contributed by atoms with E-state index in [0.717, 1.165) is 48.5 Å². The molecule has 0 aliphatic carbocycles. The van der Waals surface area contributed by atoms with Gasteiger partial charge in [-0.25, -0.2) is 14.8 Å². The first-order chi connectivity index (χ1) is 22.2. The molecule has 18 nitrogen and oxygen atoms in total. The summed E-state index contributed by atoms with van der Waals surface area (Å²) in [5.41, 5.74) is 4.39. The summed E-state index contributed by atoms with van der Waals surface area (Å²) in [5.74, 6) is -2.36. The zero-order chi connectivity index (χ0) is 33.9. The van der Waals surface area contributed by atoms with Gasteiger partial charge in [0.1, 0.15) is 29.9 Å². The number of piperidine rings is 1. The van der Waals surface area contributed by atoms with Gasteiger partial charge in [-0.05, 0) is 70.1 Å². The number of thiazole rings is 1. The van der Waals surface area contributed by atoms with Gasteiger partial charge >= 0.3 is 16.4 Å². The first-order valence-corrected chi connectivity index (χ1v) is 16.5. The molecule has 0 spiro atoms. The third kappa shape index (κ3) is 8.03. The highest BCUT2D eigenvalue weighted by molar-refractivity contribution is 7.80. The molecule has 2 amide bonds. The lowest BCUT2D eigenvalue weighted by molar-refractivity contribution is -0.218. The van der Waals surface area contributed by atoms with Crippen LogP contribution in [0, 0.1) is 0 Å². The van der Waals surface area contributed by atoms with Gasteiger partial charge in [-0.1, -0.05) is 5.16 Å². The van der Waals surface area contributed by atoms with E-state index in [2.05, 4.69) is 35.4 Å². The maximum atomic E-state index is 13.2. The number of benzene rings is 1. The van der Waals surface area contributed by atoms with Gasteiger partial charge in [0.05, 0.1) is 11.1 Å². The molecule has 2 aliphatic heterocycles. The van der Waals surface area contributed by atoms with E-state index < -0.39 is 58.2 Å². The number of ether oxygens (including phenoxy) is 1. The molecule has 7 N–H and O–H groups in total. The number of oxime groups is 1. The van der Waals surface area contributed by atoms with E-state index in [1.165, 1.54) is 19.2 Å². The first-order valence-electron chi connectivity index (χ1n) is 14.2. The van der Waals surface area contributed by atoms with Crippen molar-refractivity contribution in [2.24, 2.45) is 5.16 Å². The van der Waals surface area contributed by atoms with Crippen molar-refractivity contribution in [1.29, 1.82) is 0 Å². The van der Waals surface area contributed by atoms with Crippen molar-refractivity contribution < 1.29 is 46.3 Å². The monoisotopic (exact) mass is 692 g/mol. The minimum atomic E-state index is -5.02. The van der Waals surface area contributed by atoms with Crippen molar-refractivity contribution in [3.05, 3.63) is 41.4 Å². The quantitative estimate of drug-likeness (QED) is 0.0618. The largest absolute Gasteiger partial charge is 0.489 e. The number of aromatic nitrogens is 2. The van der Waals surface area contributed by atoms with Crippen molar-refractivity contribution in [1.82, 2.24) is 25.7 Å². The number of hydrogen-bond donors (Lipinski definition) is 6. The number of nitrogens with one attached hydrogen (secondary N) is 3. The summed E-state index contributed by atoms with van der Waals surface area (Å²) in [7, 11) is -5.02. The maximum Gasteiger partial charge on any atom is 0.418 e. The number of β-lactam (4-membered cyclic amide) rings is 1. The number of pyridine rings is 1. The van der Waals surface area contributed by atoms with Crippen LogP contribution in [0.5, 0.6) is 5.75 Å². The van der Waals surface area contributed by atoms with Crippen LogP contribution in [0.1, 0.15) is 32.4 Å². The number of hydrogen-bond acceptors (Lipinski definition) is 15. The molecule has 2 aliphatic rings.